The number of nitrogens with zero attached hydrogens (tertiary/aromatic N) is 1. The van der Waals surface area contributed by atoms with E-state index in [4.69, 9.17) is 0 Å². The lowest BCUT2D eigenvalue weighted by Gasteiger charge is -2.33. The summed E-state index contributed by atoms with van der Waals surface area (Å²) in [5, 5.41) is 7.65. The average Bonchev–Trinajstić information content (AvgIpc) is 4.35. The van der Waals surface area contributed by atoms with Gasteiger partial charge in [0.1, 0.15) is 0 Å². The number of anilines is 3. The Morgan fingerprint density at radius 2 is 0.870 bits per heavy atom. The standard InChI is InChI=1S/C75H59NS/c1-3-15-48(16-4-1)58-37-41-61-62-42-38-59(49-17-5-2-6-18-49)47-69(62)75(68(61)46-58)66-24-11-9-22-65(66)73-67(75)25-14-26-70(73)76(71-27-13-23-64-63-21-10-12-28-72(63)77-74(64)71)60-39-35-51(36-40-60)53-31-32-56-45-57(34-33-55(56)44-53)54-30-29-50-19-7-8-20-52(50)43-54/h7-14,19-49H,1-6,15-18H2. The zero-order valence-corrected chi connectivity index (χ0v) is 44.3. The first kappa shape index (κ1) is 45.2. The molecule has 2 saturated carbocycles. The largest absolute Gasteiger partial charge is 0.308 e. The molecule has 0 bridgehead atoms. The molecule has 0 unspecified atom stereocenters. The van der Waals surface area contributed by atoms with Gasteiger partial charge in [-0.2, -0.15) is 0 Å². The summed E-state index contributed by atoms with van der Waals surface area (Å²) >= 11 is 1.91. The SMILES string of the molecule is c1ccc2c(c1)-c1c(N(c3ccc(-c4ccc5cc(-c6ccc7ccccc7c6)ccc5c4)cc3)c3cccc4c3sc3ccccc34)cccc1C21c2cc(C3CCCCC3)ccc2-c2ccc(C3CCCCC3)cc21. The molecule has 2 heteroatoms. The Bertz CT molecular complexity index is 4250. The smallest absolute Gasteiger partial charge is 0.0726 e. The molecule has 370 valence electrons. The van der Waals surface area contributed by atoms with Gasteiger partial charge in [-0.05, 0) is 180 Å². The fourth-order valence-corrected chi connectivity index (χ4v) is 16.1. The fraction of sp³-hybridized carbons (Fsp3) is 0.173. The highest BCUT2D eigenvalue weighted by molar-refractivity contribution is 7.26. The Morgan fingerprint density at radius 3 is 1.56 bits per heavy atom. The maximum atomic E-state index is 2.69. The molecular formula is C75H59NS. The van der Waals surface area contributed by atoms with Crippen molar-refractivity contribution < 1.29 is 0 Å². The lowest BCUT2D eigenvalue weighted by molar-refractivity contribution is 0.443. The van der Waals surface area contributed by atoms with Crippen LogP contribution in [0.15, 0.2) is 224 Å². The van der Waals surface area contributed by atoms with E-state index in [1.54, 1.807) is 0 Å². The van der Waals surface area contributed by atoms with Gasteiger partial charge in [-0.1, -0.05) is 214 Å². The molecule has 0 radical (unpaired) electrons. The van der Waals surface area contributed by atoms with Crippen LogP contribution in [0.5, 0.6) is 0 Å². The summed E-state index contributed by atoms with van der Waals surface area (Å²) < 4.78 is 2.62. The van der Waals surface area contributed by atoms with Crippen molar-refractivity contribution in [3.8, 4) is 44.5 Å². The van der Waals surface area contributed by atoms with E-state index in [0.29, 0.717) is 11.8 Å². The molecule has 0 N–H and O–H groups in total. The first-order valence-electron chi connectivity index (χ1n) is 28.5. The summed E-state index contributed by atoms with van der Waals surface area (Å²) in [6.07, 6.45) is 13.2. The van der Waals surface area contributed by atoms with Gasteiger partial charge in [0.15, 0.2) is 0 Å². The highest BCUT2D eigenvalue weighted by Crippen LogP contribution is 2.66. The first-order valence-corrected chi connectivity index (χ1v) is 29.3. The fourth-order valence-electron chi connectivity index (χ4n) is 14.9. The van der Waals surface area contributed by atoms with Gasteiger partial charge in [-0.15, -0.1) is 11.3 Å². The quantitative estimate of drug-likeness (QED) is 0.154. The molecule has 1 nitrogen and oxygen atoms in total. The molecule has 0 saturated heterocycles. The zero-order chi connectivity index (χ0) is 50.6. The summed E-state index contributed by atoms with van der Waals surface area (Å²) in [5.74, 6) is 1.22. The van der Waals surface area contributed by atoms with Crippen LogP contribution in [0, 0.1) is 0 Å². The molecule has 77 heavy (non-hydrogen) atoms. The summed E-state index contributed by atoms with van der Waals surface area (Å²) in [7, 11) is 0. The third-order valence-corrected chi connectivity index (χ3v) is 19.8. The van der Waals surface area contributed by atoms with E-state index < -0.39 is 5.41 Å². The van der Waals surface area contributed by atoms with Crippen LogP contribution in [0.1, 0.15) is 109 Å². The van der Waals surface area contributed by atoms with Crippen molar-refractivity contribution in [3.63, 3.8) is 0 Å². The van der Waals surface area contributed by atoms with Crippen molar-refractivity contribution in [2.75, 3.05) is 4.90 Å². The van der Waals surface area contributed by atoms with Crippen molar-refractivity contribution in [1.29, 1.82) is 0 Å². The Labute approximate surface area is 456 Å². The first-order chi connectivity index (χ1) is 38.2. The van der Waals surface area contributed by atoms with Crippen LogP contribution in [0.4, 0.5) is 17.1 Å². The average molecular weight is 1010 g/mol. The number of hydrogen-bond acceptors (Lipinski definition) is 2. The molecule has 0 atom stereocenters. The molecular weight excluding hydrogens is 947 g/mol. The van der Waals surface area contributed by atoms with Crippen LogP contribution in [-0.4, -0.2) is 0 Å². The molecule has 2 fully saturated rings. The highest BCUT2D eigenvalue weighted by atomic mass is 32.1. The van der Waals surface area contributed by atoms with E-state index in [2.05, 4.69) is 229 Å². The minimum Gasteiger partial charge on any atom is -0.308 e. The topological polar surface area (TPSA) is 3.24 Å². The van der Waals surface area contributed by atoms with Crippen molar-refractivity contribution in [2.24, 2.45) is 0 Å². The van der Waals surface area contributed by atoms with E-state index in [1.165, 1.54) is 195 Å². The van der Waals surface area contributed by atoms with E-state index in [0.717, 1.165) is 5.69 Å². The minimum atomic E-state index is -0.451. The van der Waals surface area contributed by atoms with Crippen LogP contribution in [0.3, 0.4) is 0 Å². The number of thiophene rings is 1. The van der Waals surface area contributed by atoms with Crippen LogP contribution in [-0.2, 0) is 5.41 Å². The number of rotatable bonds is 7. The normalized spacial score (nSPS) is 15.8. The third-order valence-electron chi connectivity index (χ3n) is 18.6. The van der Waals surface area contributed by atoms with Gasteiger partial charge >= 0.3 is 0 Å². The van der Waals surface area contributed by atoms with E-state index in [-0.39, 0.29) is 0 Å². The van der Waals surface area contributed by atoms with E-state index in [1.807, 2.05) is 11.3 Å². The second-order valence-corrected chi connectivity index (χ2v) is 23.8. The van der Waals surface area contributed by atoms with Crippen molar-refractivity contribution in [3.05, 3.63) is 258 Å². The van der Waals surface area contributed by atoms with Gasteiger partial charge < -0.3 is 4.90 Å². The van der Waals surface area contributed by atoms with Gasteiger partial charge in [-0.3, -0.25) is 0 Å². The lowest BCUT2D eigenvalue weighted by Crippen LogP contribution is -2.26. The second kappa shape index (κ2) is 18.0. The third kappa shape index (κ3) is 7.11. The van der Waals surface area contributed by atoms with Gasteiger partial charge in [0, 0.05) is 26.7 Å². The van der Waals surface area contributed by atoms with Crippen LogP contribution >= 0.6 is 11.3 Å². The molecule has 0 aliphatic heterocycles. The molecule has 0 amide bonds. The summed E-state index contributed by atoms with van der Waals surface area (Å²) in [6.45, 7) is 0. The second-order valence-electron chi connectivity index (χ2n) is 22.7. The van der Waals surface area contributed by atoms with Crippen molar-refractivity contribution in [2.45, 2.75) is 81.5 Å². The number of fused-ring (bicyclic) bond motifs is 15. The summed E-state index contributed by atoms with van der Waals surface area (Å²) in [6, 6.07) is 86.9. The van der Waals surface area contributed by atoms with Crippen molar-refractivity contribution >= 4 is 70.1 Å². The molecule has 4 aliphatic rings. The molecule has 16 rings (SSSR count). The molecule has 4 aliphatic carbocycles. The highest BCUT2D eigenvalue weighted by Gasteiger charge is 2.53. The Balaban J connectivity index is 0.875. The van der Waals surface area contributed by atoms with Crippen LogP contribution < -0.4 is 4.90 Å². The van der Waals surface area contributed by atoms with Gasteiger partial charge in [0.05, 0.1) is 21.5 Å². The van der Waals surface area contributed by atoms with Gasteiger partial charge in [0.25, 0.3) is 0 Å². The summed E-state index contributed by atoms with van der Waals surface area (Å²) in [5.41, 5.74) is 22.4. The minimum absolute atomic E-state index is 0.451. The Hall–Kier alpha value is -8.04. The van der Waals surface area contributed by atoms with Gasteiger partial charge in [0.2, 0.25) is 0 Å². The lowest BCUT2D eigenvalue weighted by atomic mass is 9.69. The maximum absolute atomic E-state index is 2.69. The summed E-state index contributed by atoms with van der Waals surface area (Å²) in [4.78, 5) is 2.61. The number of hydrogen-bond donors (Lipinski definition) is 0. The maximum Gasteiger partial charge on any atom is 0.0726 e. The molecule has 11 aromatic carbocycles. The molecule has 1 spiro atoms. The Kier molecular flexibility index (Phi) is 10.6. The molecule has 1 aromatic heterocycles. The predicted molar refractivity (Wildman–Crippen MR) is 328 cm³/mol. The van der Waals surface area contributed by atoms with E-state index >= 15 is 0 Å². The van der Waals surface area contributed by atoms with Crippen LogP contribution in [0.2, 0.25) is 0 Å². The van der Waals surface area contributed by atoms with Gasteiger partial charge in [-0.25, -0.2) is 0 Å². The number of benzene rings is 11. The molecule has 1 heterocycles. The molecule has 12 aromatic rings. The Morgan fingerprint density at radius 1 is 0.351 bits per heavy atom. The van der Waals surface area contributed by atoms with E-state index in [9.17, 15) is 0 Å². The van der Waals surface area contributed by atoms with Crippen LogP contribution in [0.25, 0.3) is 86.2 Å². The zero-order valence-electron chi connectivity index (χ0n) is 43.4. The van der Waals surface area contributed by atoms with Crippen molar-refractivity contribution in [1.82, 2.24) is 0 Å². The monoisotopic (exact) mass is 1010 g/mol. The predicted octanol–water partition coefficient (Wildman–Crippen LogP) is 21.6.